The molecule has 8 heteroatoms. The summed E-state index contributed by atoms with van der Waals surface area (Å²) >= 11 is 0. The number of likely N-dealkylation sites (tertiary alicyclic amines) is 1. The maximum atomic E-state index is 12.2. The number of methoxy groups -OCH3 is 1. The molecule has 0 aromatic heterocycles. The van der Waals surface area contributed by atoms with E-state index >= 15 is 0 Å². The lowest BCUT2D eigenvalue weighted by Crippen LogP contribution is -2.48. The number of piperidine rings is 1. The van der Waals surface area contributed by atoms with Crippen LogP contribution in [0.5, 0.6) is 5.75 Å². The van der Waals surface area contributed by atoms with E-state index in [1.807, 2.05) is 18.2 Å². The first-order valence-corrected chi connectivity index (χ1v) is 10.9. The van der Waals surface area contributed by atoms with Gasteiger partial charge in [-0.05, 0) is 31.4 Å². The number of nitrogens with zero attached hydrogens (tertiary/aromatic N) is 1. The zero-order chi connectivity index (χ0) is 18.6. The van der Waals surface area contributed by atoms with Gasteiger partial charge in [0.25, 0.3) is 0 Å². The standard InChI is InChI=1S/C18H27N3O4S/c1-25-17-4-2-3-15(11-17)20-18(22)12-21-8-5-14(6-9-21)19-16-7-10-26(23,24)13-16/h2-4,11,14,16,19H,5-10,12-13H2,1H3,(H,20,22)/t16-/m0/s1. The number of hydrogen-bond donors (Lipinski definition) is 2. The molecule has 1 atom stereocenters. The summed E-state index contributed by atoms with van der Waals surface area (Å²) < 4.78 is 28.3. The first-order valence-electron chi connectivity index (χ1n) is 9.06. The Kier molecular flexibility index (Phi) is 6.16. The Labute approximate surface area is 155 Å². The highest BCUT2D eigenvalue weighted by Crippen LogP contribution is 2.18. The van der Waals surface area contributed by atoms with Crippen molar-refractivity contribution < 1.29 is 17.9 Å². The van der Waals surface area contributed by atoms with E-state index in [-0.39, 0.29) is 17.7 Å². The lowest BCUT2D eigenvalue weighted by Gasteiger charge is -2.33. The largest absolute Gasteiger partial charge is 0.497 e. The minimum absolute atomic E-state index is 0.0356. The van der Waals surface area contributed by atoms with Crippen molar-refractivity contribution in [2.24, 2.45) is 0 Å². The van der Waals surface area contributed by atoms with Crippen LogP contribution in [0.4, 0.5) is 5.69 Å². The van der Waals surface area contributed by atoms with Crippen LogP contribution in [0.1, 0.15) is 19.3 Å². The van der Waals surface area contributed by atoms with E-state index in [2.05, 4.69) is 15.5 Å². The number of carbonyl (C=O) groups excluding carboxylic acids is 1. The second kappa shape index (κ2) is 8.37. The Balaban J connectivity index is 1.40. The molecule has 3 rings (SSSR count). The summed E-state index contributed by atoms with van der Waals surface area (Å²) in [5, 5.41) is 6.38. The van der Waals surface area contributed by atoms with E-state index in [0.29, 0.717) is 30.5 Å². The molecule has 2 N–H and O–H groups in total. The third-order valence-electron chi connectivity index (χ3n) is 5.01. The number of amides is 1. The van der Waals surface area contributed by atoms with Gasteiger partial charge in [0.15, 0.2) is 9.84 Å². The molecular weight excluding hydrogens is 354 g/mol. The predicted molar refractivity (Wildman–Crippen MR) is 101 cm³/mol. The van der Waals surface area contributed by atoms with Crippen LogP contribution in [0.25, 0.3) is 0 Å². The molecule has 0 bridgehead atoms. The Hall–Kier alpha value is -1.64. The smallest absolute Gasteiger partial charge is 0.238 e. The topological polar surface area (TPSA) is 87.7 Å². The summed E-state index contributed by atoms with van der Waals surface area (Å²) in [6.45, 7) is 2.03. The summed E-state index contributed by atoms with van der Waals surface area (Å²) in [6, 6.07) is 7.74. The van der Waals surface area contributed by atoms with Crippen molar-refractivity contribution in [1.82, 2.24) is 10.2 Å². The van der Waals surface area contributed by atoms with Gasteiger partial charge in [-0.2, -0.15) is 0 Å². The van der Waals surface area contributed by atoms with Gasteiger partial charge < -0.3 is 15.4 Å². The number of anilines is 1. The molecule has 2 aliphatic heterocycles. The zero-order valence-electron chi connectivity index (χ0n) is 15.1. The highest BCUT2D eigenvalue weighted by Gasteiger charge is 2.30. The summed E-state index contributed by atoms with van der Waals surface area (Å²) in [7, 11) is -1.25. The molecule has 2 saturated heterocycles. The Morgan fingerprint density at radius 3 is 2.65 bits per heavy atom. The van der Waals surface area contributed by atoms with Crippen LogP contribution in [-0.2, 0) is 14.6 Å². The highest BCUT2D eigenvalue weighted by molar-refractivity contribution is 7.91. The Bertz CT molecular complexity index is 730. The molecule has 1 aromatic rings. The number of sulfone groups is 1. The maximum absolute atomic E-state index is 12.2. The summed E-state index contributed by atoms with van der Waals surface area (Å²) in [5.74, 6) is 1.24. The van der Waals surface area contributed by atoms with Gasteiger partial charge in [-0.1, -0.05) is 6.07 Å². The van der Waals surface area contributed by atoms with Crippen LogP contribution >= 0.6 is 0 Å². The molecule has 1 aromatic carbocycles. The second-order valence-electron chi connectivity index (χ2n) is 7.10. The lowest BCUT2D eigenvalue weighted by atomic mass is 10.0. The quantitative estimate of drug-likeness (QED) is 0.760. The van der Waals surface area contributed by atoms with E-state index in [4.69, 9.17) is 4.74 Å². The van der Waals surface area contributed by atoms with Crippen molar-refractivity contribution in [3.8, 4) is 5.75 Å². The van der Waals surface area contributed by atoms with Crippen LogP contribution in [0, 0.1) is 0 Å². The minimum Gasteiger partial charge on any atom is -0.497 e. The molecule has 0 unspecified atom stereocenters. The zero-order valence-corrected chi connectivity index (χ0v) is 15.9. The van der Waals surface area contributed by atoms with E-state index < -0.39 is 9.84 Å². The number of nitrogens with one attached hydrogen (secondary N) is 2. The minimum atomic E-state index is -2.84. The van der Waals surface area contributed by atoms with Gasteiger partial charge in [0, 0.05) is 36.9 Å². The molecule has 2 aliphatic rings. The molecule has 144 valence electrons. The first kappa shape index (κ1) is 19.1. The second-order valence-corrected chi connectivity index (χ2v) is 9.33. The predicted octanol–water partition coefficient (Wildman–Crippen LogP) is 0.875. The number of hydrogen-bond acceptors (Lipinski definition) is 6. The van der Waals surface area contributed by atoms with Crippen molar-refractivity contribution in [2.45, 2.75) is 31.3 Å². The molecule has 0 aliphatic carbocycles. The molecule has 26 heavy (non-hydrogen) atoms. The van der Waals surface area contributed by atoms with Crippen LogP contribution in [0.3, 0.4) is 0 Å². The van der Waals surface area contributed by atoms with E-state index in [0.717, 1.165) is 31.6 Å². The van der Waals surface area contributed by atoms with Crippen LogP contribution in [-0.4, -0.2) is 69.6 Å². The van der Waals surface area contributed by atoms with Crippen molar-refractivity contribution in [3.63, 3.8) is 0 Å². The van der Waals surface area contributed by atoms with Crippen molar-refractivity contribution >= 4 is 21.4 Å². The van der Waals surface area contributed by atoms with Crippen molar-refractivity contribution in [2.75, 3.05) is 43.6 Å². The molecule has 7 nitrogen and oxygen atoms in total. The third-order valence-corrected chi connectivity index (χ3v) is 6.78. The van der Waals surface area contributed by atoms with Crippen molar-refractivity contribution in [1.29, 1.82) is 0 Å². The fraction of sp³-hybridized carbons (Fsp3) is 0.611. The fourth-order valence-corrected chi connectivity index (χ4v) is 5.31. The van der Waals surface area contributed by atoms with Crippen LogP contribution < -0.4 is 15.4 Å². The molecule has 2 heterocycles. The van der Waals surface area contributed by atoms with Gasteiger partial charge >= 0.3 is 0 Å². The highest BCUT2D eigenvalue weighted by atomic mass is 32.2. The monoisotopic (exact) mass is 381 g/mol. The molecular formula is C18H27N3O4S. The normalized spacial score (nSPS) is 23.7. The van der Waals surface area contributed by atoms with E-state index in [1.165, 1.54) is 0 Å². The third kappa shape index (κ3) is 5.43. The summed E-state index contributed by atoms with van der Waals surface area (Å²) in [6.07, 6.45) is 2.58. The van der Waals surface area contributed by atoms with Crippen LogP contribution in [0.2, 0.25) is 0 Å². The maximum Gasteiger partial charge on any atom is 0.238 e. The summed E-state index contributed by atoms with van der Waals surface area (Å²) in [5.41, 5.74) is 0.730. The Morgan fingerprint density at radius 2 is 2.00 bits per heavy atom. The number of ether oxygens (including phenoxy) is 1. The van der Waals surface area contributed by atoms with Gasteiger partial charge in [-0.3, -0.25) is 9.69 Å². The summed E-state index contributed by atoms with van der Waals surface area (Å²) in [4.78, 5) is 14.4. The van der Waals surface area contributed by atoms with Crippen LogP contribution in [0.15, 0.2) is 24.3 Å². The molecule has 2 fully saturated rings. The fourth-order valence-electron chi connectivity index (χ4n) is 3.62. The molecule has 0 radical (unpaired) electrons. The van der Waals surface area contributed by atoms with Gasteiger partial charge in [0.05, 0.1) is 25.2 Å². The SMILES string of the molecule is COc1cccc(NC(=O)CN2CCC(N[C@H]3CCS(=O)(=O)C3)CC2)c1. The van der Waals surface area contributed by atoms with Gasteiger partial charge in [0.1, 0.15) is 5.75 Å². The molecule has 0 saturated carbocycles. The average Bonchev–Trinajstić information content (AvgIpc) is 2.95. The van der Waals surface area contributed by atoms with Gasteiger partial charge in [-0.25, -0.2) is 8.42 Å². The van der Waals surface area contributed by atoms with Gasteiger partial charge in [-0.15, -0.1) is 0 Å². The molecule has 1 amide bonds. The molecule has 0 spiro atoms. The Morgan fingerprint density at radius 1 is 1.23 bits per heavy atom. The van der Waals surface area contributed by atoms with Gasteiger partial charge in [0.2, 0.25) is 5.91 Å². The average molecular weight is 381 g/mol. The van der Waals surface area contributed by atoms with Crippen molar-refractivity contribution in [3.05, 3.63) is 24.3 Å². The first-order chi connectivity index (χ1) is 12.4. The number of rotatable bonds is 6. The number of carbonyl (C=O) groups is 1. The van der Waals surface area contributed by atoms with E-state index in [9.17, 15) is 13.2 Å². The van der Waals surface area contributed by atoms with E-state index in [1.54, 1.807) is 13.2 Å². The number of benzene rings is 1. The lowest BCUT2D eigenvalue weighted by molar-refractivity contribution is -0.117.